The van der Waals surface area contributed by atoms with E-state index in [9.17, 15) is 5.11 Å². The Morgan fingerprint density at radius 1 is 1.21 bits per heavy atom. The smallest absolute Gasteiger partial charge is 0.125 e. The normalized spacial score (nSPS) is 14.5. The Kier molecular flexibility index (Phi) is 5.83. The summed E-state index contributed by atoms with van der Waals surface area (Å²) < 4.78 is 11.1. The van der Waals surface area contributed by atoms with Crippen LogP contribution in [0.1, 0.15) is 43.6 Å². The molecule has 1 N–H and O–H groups in total. The standard InChI is InChI=1S/C16H26O3/c1-7-19-16(10(2)3)15(17)14-12(5)8-11(4)9-13(14)18-6/h8-10,15-17H,7H2,1-6H3. The van der Waals surface area contributed by atoms with E-state index in [0.717, 1.165) is 22.4 Å². The van der Waals surface area contributed by atoms with Gasteiger partial charge in [0.25, 0.3) is 0 Å². The van der Waals surface area contributed by atoms with Crippen LogP contribution >= 0.6 is 0 Å². The third-order valence-corrected chi connectivity index (χ3v) is 3.34. The SMILES string of the molecule is CCOC(C(C)C)C(O)c1c(C)cc(C)cc1OC. The van der Waals surface area contributed by atoms with Crippen LogP contribution < -0.4 is 4.74 Å². The van der Waals surface area contributed by atoms with Crippen LogP contribution in [0.2, 0.25) is 0 Å². The number of hydrogen-bond donors (Lipinski definition) is 1. The second-order valence-electron chi connectivity index (χ2n) is 5.31. The van der Waals surface area contributed by atoms with Gasteiger partial charge in [-0.05, 0) is 43.9 Å². The number of benzene rings is 1. The molecular weight excluding hydrogens is 240 g/mol. The number of ether oxygens (including phenoxy) is 2. The Labute approximate surface area is 116 Å². The second kappa shape index (κ2) is 6.92. The Morgan fingerprint density at radius 3 is 2.32 bits per heavy atom. The summed E-state index contributed by atoms with van der Waals surface area (Å²) in [5, 5.41) is 10.7. The first-order valence-electron chi connectivity index (χ1n) is 6.87. The molecule has 0 amide bonds. The van der Waals surface area contributed by atoms with Crippen molar-refractivity contribution in [1.29, 1.82) is 0 Å². The van der Waals surface area contributed by atoms with E-state index in [1.807, 2.05) is 26.8 Å². The van der Waals surface area contributed by atoms with Crippen LogP contribution in [0.25, 0.3) is 0 Å². The van der Waals surface area contributed by atoms with Gasteiger partial charge in [-0.3, -0.25) is 0 Å². The summed E-state index contributed by atoms with van der Waals surface area (Å²) in [6.07, 6.45) is -0.893. The fourth-order valence-electron chi connectivity index (χ4n) is 2.49. The topological polar surface area (TPSA) is 38.7 Å². The highest BCUT2D eigenvalue weighted by atomic mass is 16.5. The zero-order chi connectivity index (χ0) is 14.6. The zero-order valence-corrected chi connectivity index (χ0v) is 12.9. The quantitative estimate of drug-likeness (QED) is 0.857. The predicted octanol–water partition coefficient (Wildman–Crippen LogP) is 3.41. The highest BCUT2D eigenvalue weighted by molar-refractivity contribution is 5.44. The summed E-state index contributed by atoms with van der Waals surface area (Å²) in [7, 11) is 1.63. The minimum absolute atomic E-state index is 0.222. The maximum atomic E-state index is 10.7. The van der Waals surface area contributed by atoms with Crippen molar-refractivity contribution < 1.29 is 14.6 Å². The molecule has 0 spiro atoms. The maximum absolute atomic E-state index is 10.7. The van der Waals surface area contributed by atoms with Gasteiger partial charge in [-0.15, -0.1) is 0 Å². The molecule has 3 heteroatoms. The lowest BCUT2D eigenvalue weighted by molar-refractivity contribution is -0.0594. The van der Waals surface area contributed by atoms with E-state index in [4.69, 9.17) is 9.47 Å². The van der Waals surface area contributed by atoms with E-state index < -0.39 is 6.10 Å². The Hall–Kier alpha value is -1.06. The molecule has 0 aliphatic rings. The molecule has 1 rings (SSSR count). The number of methoxy groups -OCH3 is 1. The van der Waals surface area contributed by atoms with Crippen molar-refractivity contribution in [2.75, 3.05) is 13.7 Å². The lowest BCUT2D eigenvalue weighted by atomic mass is 9.91. The number of hydrogen-bond acceptors (Lipinski definition) is 3. The van der Waals surface area contributed by atoms with Crippen LogP contribution in [-0.2, 0) is 4.74 Å². The summed E-state index contributed by atoms with van der Waals surface area (Å²) in [4.78, 5) is 0. The van der Waals surface area contributed by atoms with E-state index in [1.54, 1.807) is 7.11 Å². The van der Waals surface area contributed by atoms with Crippen LogP contribution in [0, 0.1) is 19.8 Å². The molecule has 1 aromatic rings. The number of aryl methyl sites for hydroxylation is 2. The van der Waals surface area contributed by atoms with E-state index in [0.29, 0.717) is 6.61 Å². The summed E-state index contributed by atoms with van der Waals surface area (Å²) in [6.45, 7) is 10.7. The second-order valence-corrected chi connectivity index (χ2v) is 5.31. The molecule has 0 saturated heterocycles. The van der Waals surface area contributed by atoms with Crippen molar-refractivity contribution >= 4 is 0 Å². The Balaban J connectivity index is 3.19. The highest BCUT2D eigenvalue weighted by Gasteiger charge is 2.28. The average Bonchev–Trinajstić information content (AvgIpc) is 2.33. The highest BCUT2D eigenvalue weighted by Crippen LogP contribution is 2.34. The van der Waals surface area contributed by atoms with Crippen LogP contribution in [-0.4, -0.2) is 24.9 Å². The molecule has 0 radical (unpaired) electrons. The van der Waals surface area contributed by atoms with Crippen LogP contribution in [0.5, 0.6) is 5.75 Å². The molecule has 19 heavy (non-hydrogen) atoms. The molecule has 0 aromatic heterocycles. The fraction of sp³-hybridized carbons (Fsp3) is 0.625. The molecule has 1 aromatic carbocycles. The molecule has 0 bridgehead atoms. The van der Waals surface area contributed by atoms with Gasteiger partial charge in [0.05, 0.1) is 13.2 Å². The van der Waals surface area contributed by atoms with Gasteiger partial charge in [0.15, 0.2) is 0 Å². The summed E-state index contributed by atoms with van der Waals surface area (Å²) >= 11 is 0. The first kappa shape index (κ1) is 16.0. The molecule has 108 valence electrons. The van der Waals surface area contributed by atoms with Crippen molar-refractivity contribution in [2.24, 2.45) is 5.92 Å². The molecule has 3 nitrogen and oxygen atoms in total. The van der Waals surface area contributed by atoms with E-state index in [-0.39, 0.29) is 12.0 Å². The first-order chi connectivity index (χ1) is 8.92. The van der Waals surface area contributed by atoms with Crippen molar-refractivity contribution in [3.8, 4) is 5.75 Å². The lowest BCUT2D eigenvalue weighted by Gasteiger charge is -2.28. The lowest BCUT2D eigenvalue weighted by Crippen LogP contribution is -2.28. The van der Waals surface area contributed by atoms with Crippen molar-refractivity contribution in [1.82, 2.24) is 0 Å². The first-order valence-corrected chi connectivity index (χ1v) is 6.87. The van der Waals surface area contributed by atoms with Gasteiger partial charge in [-0.2, -0.15) is 0 Å². The van der Waals surface area contributed by atoms with Crippen LogP contribution in [0.15, 0.2) is 12.1 Å². The average molecular weight is 266 g/mol. The van der Waals surface area contributed by atoms with Crippen molar-refractivity contribution in [3.63, 3.8) is 0 Å². The fourth-order valence-corrected chi connectivity index (χ4v) is 2.49. The molecule has 0 aliphatic heterocycles. The van der Waals surface area contributed by atoms with E-state index >= 15 is 0 Å². The minimum atomic E-state index is -0.671. The third kappa shape index (κ3) is 3.71. The molecule has 0 fully saturated rings. The van der Waals surface area contributed by atoms with Crippen molar-refractivity contribution in [3.05, 3.63) is 28.8 Å². The summed E-state index contributed by atoms with van der Waals surface area (Å²) in [6, 6.07) is 4.01. The van der Waals surface area contributed by atoms with Gasteiger partial charge >= 0.3 is 0 Å². The summed E-state index contributed by atoms with van der Waals surface area (Å²) in [5.74, 6) is 0.968. The summed E-state index contributed by atoms with van der Waals surface area (Å²) in [5.41, 5.74) is 3.00. The number of aliphatic hydroxyl groups excluding tert-OH is 1. The molecule has 2 atom stereocenters. The minimum Gasteiger partial charge on any atom is -0.496 e. The molecular formula is C16H26O3. The van der Waals surface area contributed by atoms with Gasteiger partial charge in [-0.1, -0.05) is 19.9 Å². The molecule has 0 aliphatic carbocycles. The van der Waals surface area contributed by atoms with Gasteiger partial charge in [0, 0.05) is 12.2 Å². The third-order valence-electron chi connectivity index (χ3n) is 3.34. The maximum Gasteiger partial charge on any atom is 0.125 e. The molecule has 0 heterocycles. The van der Waals surface area contributed by atoms with Gasteiger partial charge in [0.2, 0.25) is 0 Å². The monoisotopic (exact) mass is 266 g/mol. The van der Waals surface area contributed by atoms with E-state index in [1.165, 1.54) is 0 Å². The number of aliphatic hydroxyl groups is 1. The number of rotatable bonds is 6. The Bertz CT molecular complexity index is 413. The van der Waals surface area contributed by atoms with Crippen LogP contribution in [0.3, 0.4) is 0 Å². The van der Waals surface area contributed by atoms with E-state index in [2.05, 4.69) is 19.9 Å². The largest absolute Gasteiger partial charge is 0.496 e. The van der Waals surface area contributed by atoms with Gasteiger partial charge in [-0.25, -0.2) is 0 Å². The molecule has 0 saturated carbocycles. The van der Waals surface area contributed by atoms with Crippen molar-refractivity contribution in [2.45, 2.75) is 46.8 Å². The zero-order valence-electron chi connectivity index (χ0n) is 12.9. The Morgan fingerprint density at radius 2 is 1.84 bits per heavy atom. The van der Waals surface area contributed by atoms with Gasteiger partial charge < -0.3 is 14.6 Å². The predicted molar refractivity (Wildman–Crippen MR) is 77.7 cm³/mol. The molecule has 2 unspecified atom stereocenters. The van der Waals surface area contributed by atoms with Gasteiger partial charge in [0.1, 0.15) is 11.9 Å². The van der Waals surface area contributed by atoms with Crippen LogP contribution in [0.4, 0.5) is 0 Å².